The van der Waals surface area contributed by atoms with E-state index in [1.165, 1.54) is 60.7 Å². The third-order valence-electron chi connectivity index (χ3n) is 9.48. The minimum Gasteiger partial charge on any atom is -0.318 e. The lowest BCUT2D eigenvalue weighted by atomic mass is 10.0. The minimum atomic E-state index is 0.0721. The van der Waals surface area contributed by atoms with Crippen LogP contribution < -0.4 is 4.58 Å². The Morgan fingerprint density at radius 1 is 0.600 bits per heavy atom. The van der Waals surface area contributed by atoms with E-state index in [2.05, 4.69) is 158 Å². The monoisotopic (exact) mass is 575 g/mol. The topological polar surface area (TPSA) is 25.8 Å². The second-order valence-electron chi connectivity index (χ2n) is 11.9. The number of para-hydroxylation sites is 3. The van der Waals surface area contributed by atoms with Crippen molar-refractivity contribution >= 4 is 60.7 Å². The van der Waals surface area contributed by atoms with Gasteiger partial charge in [-0.2, -0.15) is 4.58 Å². The number of rotatable bonds is 3. The molecule has 0 radical (unpaired) electrons. The zero-order valence-corrected chi connectivity index (χ0v) is 24.4. The zero-order chi connectivity index (χ0) is 29.5. The predicted molar refractivity (Wildman–Crippen MR) is 187 cm³/mol. The first kappa shape index (κ1) is 24.4. The van der Waals surface area contributed by atoms with Gasteiger partial charge in [-0.3, -0.25) is 4.98 Å². The first-order valence-corrected chi connectivity index (χ1v) is 15.4. The summed E-state index contributed by atoms with van der Waals surface area (Å²) in [5, 5.41) is 5.09. The van der Waals surface area contributed by atoms with Crippen LogP contribution in [0.3, 0.4) is 0 Å². The Balaban J connectivity index is 1.26. The lowest BCUT2D eigenvalue weighted by Crippen LogP contribution is -2.30. The van der Waals surface area contributed by atoms with Gasteiger partial charge in [0.05, 0.1) is 16.6 Å². The molecule has 8 aromatic rings. The third kappa shape index (κ3) is 3.42. The Hall–Kier alpha value is -6.00. The maximum absolute atomic E-state index is 4.32. The van der Waals surface area contributed by atoms with E-state index >= 15 is 0 Å². The van der Waals surface area contributed by atoms with Gasteiger partial charge in [-0.1, -0.05) is 72.8 Å². The van der Waals surface area contributed by atoms with Gasteiger partial charge in [0.25, 0.3) is 0 Å². The lowest BCUT2D eigenvalue weighted by molar-refractivity contribution is 0.781. The first-order valence-electron chi connectivity index (χ1n) is 15.4. The van der Waals surface area contributed by atoms with Crippen LogP contribution in [0.5, 0.6) is 0 Å². The summed E-state index contributed by atoms with van der Waals surface area (Å²) in [6, 6.07) is 44.1. The van der Waals surface area contributed by atoms with Gasteiger partial charge in [0, 0.05) is 63.9 Å². The van der Waals surface area contributed by atoms with E-state index < -0.39 is 0 Å². The maximum atomic E-state index is 4.32. The van der Waals surface area contributed by atoms with Gasteiger partial charge >= 0.3 is 0 Å². The molecule has 4 heteroatoms. The summed E-state index contributed by atoms with van der Waals surface area (Å²) in [5.74, 6) is 0. The van der Waals surface area contributed by atoms with E-state index in [0.29, 0.717) is 0 Å². The molecule has 210 valence electrons. The summed E-state index contributed by atoms with van der Waals surface area (Å²) in [5.41, 5.74) is 12.0. The number of hydrogen-bond donors (Lipinski definition) is 0. The van der Waals surface area contributed by atoms with Gasteiger partial charge < -0.3 is 9.13 Å². The molecule has 1 unspecified atom stereocenters. The average molecular weight is 576 g/mol. The largest absolute Gasteiger partial charge is 0.318 e. The van der Waals surface area contributed by atoms with E-state index in [1.54, 1.807) is 0 Å². The second kappa shape index (κ2) is 9.25. The Morgan fingerprint density at radius 3 is 2.27 bits per heavy atom. The van der Waals surface area contributed by atoms with Crippen molar-refractivity contribution in [3.63, 3.8) is 0 Å². The highest BCUT2D eigenvalue weighted by atomic mass is 15.2. The molecular weight excluding hydrogens is 548 g/mol. The van der Waals surface area contributed by atoms with Crippen LogP contribution in [-0.4, -0.2) is 19.8 Å². The van der Waals surface area contributed by atoms with Gasteiger partial charge in [-0.25, -0.2) is 0 Å². The molecule has 3 aromatic heterocycles. The van der Waals surface area contributed by atoms with Crippen molar-refractivity contribution in [1.82, 2.24) is 18.7 Å². The van der Waals surface area contributed by atoms with Crippen LogP contribution in [0, 0.1) is 0 Å². The van der Waals surface area contributed by atoms with Crippen molar-refractivity contribution in [1.29, 1.82) is 0 Å². The van der Waals surface area contributed by atoms with Crippen LogP contribution in [0.15, 0.2) is 158 Å². The Kier molecular flexibility index (Phi) is 5.02. The van der Waals surface area contributed by atoms with Crippen LogP contribution in [0.4, 0.5) is 11.4 Å². The molecule has 0 fully saturated rings. The normalized spacial score (nSPS) is 15.5. The third-order valence-corrected chi connectivity index (χ3v) is 9.48. The summed E-state index contributed by atoms with van der Waals surface area (Å²) < 4.78 is 7.41. The molecule has 0 saturated carbocycles. The highest BCUT2D eigenvalue weighted by molar-refractivity contribution is 6.22. The summed E-state index contributed by atoms with van der Waals surface area (Å²) >= 11 is 0. The molecule has 0 saturated heterocycles. The Bertz CT molecular complexity index is 2560. The van der Waals surface area contributed by atoms with E-state index in [-0.39, 0.29) is 6.04 Å². The Morgan fingerprint density at radius 2 is 1.40 bits per heavy atom. The summed E-state index contributed by atoms with van der Waals surface area (Å²) in [7, 11) is 0. The lowest BCUT2D eigenvalue weighted by Gasteiger charge is -2.24. The van der Waals surface area contributed by atoms with Crippen LogP contribution >= 0.6 is 0 Å². The number of pyridine rings is 1. The van der Waals surface area contributed by atoms with Crippen molar-refractivity contribution in [2.24, 2.45) is 0 Å². The van der Waals surface area contributed by atoms with Gasteiger partial charge in [0.2, 0.25) is 17.1 Å². The molecule has 1 aliphatic carbocycles. The van der Waals surface area contributed by atoms with Gasteiger partial charge in [0.15, 0.2) is 0 Å². The smallest absolute Gasteiger partial charge is 0.235 e. The average Bonchev–Trinajstić information content (AvgIpc) is 3.61. The van der Waals surface area contributed by atoms with Crippen molar-refractivity contribution < 1.29 is 0 Å². The van der Waals surface area contributed by atoms with Gasteiger partial charge in [0.1, 0.15) is 11.6 Å². The molecule has 0 N–H and O–H groups in total. The molecule has 5 aromatic carbocycles. The number of benzene rings is 5. The summed E-state index contributed by atoms with van der Waals surface area (Å²) in [4.78, 5) is 4.32. The van der Waals surface area contributed by atoms with E-state index in [0.717, 1.165) is 16.8 Å². The van der Waals surface area contributed by atoms with Crippen LogP contribution in [0.25, 0.3) is 60.4 Å². The molecule has 4 heterocycles. The molecule has 1 atom stereocenters. The highest BCUT2D eigenvalue weighted by Gasteiger charge is 2.37. The molecule has 2 aliphatic rings. The van der Waals surface area contributed by atoms with E-state index in [9.17, 15) is 0 Å². The van der Waals surface area contributed by atoms with E-state index in [4.69, 9.17) is 0 Å². The molecule has 10 rings (SSSR count). The van der Waals surface area contributed by atoms with Crippen LogP contribution in [-0.2, 0) is 0 Å². The van der Waals surface area contributed by atoms with Gasteiger partial charge in [-0.15, -0.1) is 0 Å². The SMILES string of the molecule is C1=CC2=[N+](c3ccc(-c4cccnc4)cc3)c3cccc4c5cc6c(cc5n(c34)C2C=C1)c1ccccc1n6-c1ccccc1. The molecule has 4 nitrogen and oxygen atoms in total. The number of nitrogens with zero attached hydrogens (tertiary/aromatic N) is 4. The standard InChI is InChI=1S/C41H27N4/c1-2-11-29(12-3-1)43-35-15-5-4-13-31(35)33-24-40-34(25-39(33)43)32-14-8-18-38-41(32)45(40)37-17-7-6-16-36(37)44(38)30-21-19-27(20-22-30)28-10-9-23-42-26-28/h1-26,37H/q+1. The zero-order valence-electron chi connectivity index (χ0n) is 24.4. The number of fused-ring (bicyclic) bond motifs is 8. The van der Waals surface area contributed by atoms with Crippen molar-refractivity contribution in [2.45, 2.75) is 6.04 Å². The summed E-state index contributed by atoms with van der Waals surface area (Å²) in [6.45, 7) is 0. The molecule has 45 heavy (non-hydrogen) atoms. The predicted octanol–water partition coefficient (Wildman–Crippen LogP) is 9.91. The van der Waals surface area contributed by atoms with E-state index in [1.807, 2.05) is 18.5 Å². The molecular formula is C41H27N4+. The van der Waals surface area contributed by atoms with Gasteiger partial charge in [-0.05, 0) is 59.7 Å². The quantitative estimate of drug-likeness (QED) is 0.193. The molecule has 0 bridgehead atoms. The summed E-state index contributed by atoms with van der Waals surface area (Å²) in [6.07, 6.45) is 12.7. The molecule has 1 aliphatic heterocycles. The molecule has 0 spiro atoms. The Labute approximate surface area is 259 Å². The van der Waals surface area contributed by atoms with Crippen molar-refractivity contribution in [3.8, 4) is 16.8 Å². The van der Waals surface area contributed by atoms with Crippen molar-refractivity contribution in [2.75, 3.05) is 0 Å². The highest BCUT2D eigenvalue weighted by Crippen LogP contribution is 2.45. The first-order chi connectivity index (χ1) is 22.3. The fourth-order valence-electron chi connectivity index (χ4n) is 7.58. The minimum absolute atomic E-state index is 0.0721. The maximum Gasteiger partial charge on any atom is 0.235 e. The molecule has 0 amide bonds. The van der Waals surface area contributed by atoms with Crippen molar-refractivity contribution in [3.05, 3.63) is 158 Å². The fourth-order valence-corrected chi connectivity index (χ4v) is 7.58. The fraction of sp³-hybridized carbons (Fsp3) is 0.0244. The second-order valence-corrected chi connectivity index (χ2v) is 11.9. The van der Waals surface area contributed by atoms with Crippen LogP contribution in [0.1, 0.15) is 6.04 Å². The number of aromatic nitrogens is 3. The van der Waals surface area contributed by atoms with Crippen LogP contribution in [0.2, 0.25) is 0 Å². The number of allylic oxidation sites excluding steroid dienone is 4. The number of hydrogen-bond acceptors (Lipinski definition) is 1.